The van der Waals surface area contributed by atoms with E-state index in [1.165, 1.54) is 28.0 Å². The van der Waals surface area contributed by atoms with Gasteiger partial charge >= 0.3 is 0 Å². The van der Waals surface area contributed by atoms with Crippen molar-refractivity contribution in [3.05, 3.63) is 44.0 Å². The highest BCUT2D eigenvalue weighted by atomic mass is 32.1. The highest BCUT2D eigenvalue weighted by molar-refractivity contribution is 7.15. The highest BCUT2D eigenvalue weighted by Gasteiger charge is 2.16. The zero-order valence-electron chi connectivity index (χ0n) is 15.4. The predicted molar refractivity (Wildman–Crippen MR) is 102 cm³/mol. The van der Waals surface area contributed by atoms with Crippen LogP contribution >= 0.6 is 11.3 Å². The Balaban J connectivity index is 2.41. The van der Waals surface area contributed by atoms with Crippen molar-refractivity contribution in [2.45, 2.75) is 48.0 Å². The van der Waals surface area contributed by atoms with E-state index in [1.54, 1.807) is 6.08 Å². The molecule has 0 radical (unpaired) electrons. The van der Waals surface area contributed by atoms with Gasteiger partial charge in [0.25, 0.3) is 5.91 Å². The van der Waals surface area contributed by atoms with Crippen molar-refractivity contribution < 1.29 is 4.79 Å². The summed E-state index contributed by atoms with van der Waals surface area (Å²) >= 11 is 1.32. The molecule has 0 bridgehead atoms. The molecule has 0 aliphatic heterocycles. The van der Waals surface area contributed by atoms with Gasteiger partial charge in [0.05, 0.1) is 0 Å². The summed E-state index contributed by atoms with van der Waals surface area (Å²) in [6.45, 7) is 12.2. The summed E-state index contributed by atoms with van der Waals surface area (Å²) in [4.78, 5) is 12.4. The van der Waals surface area contributed by atoms with E-state index < -0.39 is 5.91 Å². The van der Waals surface area contributed by atoms with Gasteiger partial charge in [-0.05, 0) is 80.5 Å². The van der Waals surface area contributed by atoms with Crippen LogP contribution in [0, 0.1) is 45.9 Å². The molecular formula is C19H22N4OS. The van der Waals surface area contributed by atoms with E-state index >= 15 is 0 Å². The number of nitrogens with zero attached hydrogens (tertiary/aromatic N) is 3. The molecule has 0 atom stereocenters. The Hall–Kier alpha value is -2.52. The number of aromatic nitrogens is 2. The van der Waals surface area contributed by atoms with E-state index in [0.717, 1.165) is 28.1 Å². The molecule has 1 N–H and O–H groups in total. The Morgan fingerprint density at radius 1 is 1.08 bits per heavy atom. The first-order valence-electron chi connectivity index (χ1n) is 8.12. The molecule has 25 heavy (non-hydrogen) atoms. The third kappa shape index (κ3) is 3.77. The van der Waals surface area contributed by atoms with E-state index in [-0.39, 0.29) is 5.57 Å². The van der Waals surface area contributed by atoms with Crippen molar-refractivity contribution in [1.29, 1.82) is 5.26 Å². The summed E-state index contributed by atoms with van der Waals surface area (Å²) in [5.41, 5.74) is 6.78. The van der Waals surface area contributed by atoms with Crippen molar-refractivity contribution >= 4 is 28.5 Å². The van der Waals surface area contributed by atoms with E-state index in [2.05, 4.69) is 36.3 Å². The van der Waals surface area contributed by atoms with Gasteiger partial charge in [-0.25, -0.2) is 0 Å². The summed E-state index contributed by atoms with van der Waals surface area (Å²) in [5, 5.41) is 21.3. The van der Waals surface area contributed by atoms with Gasteiger partial charge in [-0.3, -0.25) is 10.1 Å². The molecule has 1 heterocycles. The number of hydrogen-bond acceptors (Lipinski definition) is 5. The van der Waals surface area contributed by atoms with Crippen LogP contribution in [0.25, 0.3) is 6.08 Å². The van der Waals surface area contributed by atoms with Crippen LogP contribution in [-0.4, -0.2) is 16.1 Å². The van der Waals surface area contributed by atoms with Gasteiger partial charge in [-0.1, -0.05) is 18.3 Å². The minimum Gasteiger partial charge on any atom is -0.296 e. The second kappa shape index (κ2) is 7.58. The summed E-state index contributed by atoms with van der Waals surface area (Å²) in [6, 6.07) is 2.00. The molecule has 0 spiro atoms. The fourth-order valence-corrected chi connectivity index (χ4v) is 3.32. The van der Waals surface area contributed by atoms with Crippen LogP contribution < -0.4 is 5.32 Å². The van der Waals surface area contributed by atoms with E-state index in [9.17, 15) is 10.1 Å². The normalized spacial score (nSPS) is 11.3. The third-order valence-corrected chi connectivity index (χ3v) is 5.68. The predicted octanol–water partition coefficient (Wildman–Crippen LogP) is 4.19. The van der Waals surface area contributed by atoms with Crippen LogP contribution in [0.5, 0.6) is 0 Å². The number of anilines is 1. The number of benzene rings is 1. The van der Waals surface area contributed by atoms with Crippen LogP contribution in [0.1, 0.15) is 45.3 Å². The van der Waals surface area contributed by atoms with E-state index in [4.69, 9.17) is 0 Å². The molecule has 0 unspecified atom stereocenters. The second-order valence-electron chi connectivity index (χ2n) is 6.02. The molecule has 0 aliphatic rings. The van der Waals surface area contributed by atoms with Crippen molar-refractivity contribution in [3.8, 4) is 6.07 Å². The van der Waals surface area contributed by atoms with Crippen LogP contribution in [-0.2, 0) is 11.2 Å². The SMILES string of the molecule is CCc1nnc(NC(=O)C(C#N)=Cc2c(C)c(C)c(C)c(C)c2C)s1. The quantitative estimate of drug-likeness (QED) is 0.659. The van der Waals surface area contributed by atoms with Crippen molar-refractivity contribution in [2.75, 3.05) is 5.32 Å². The molecule has 130 valence electrons. The lowest BCUT2D eigenvalue weighted by atomic mass is 9.89. The molecule has 2 aromatic rings. The second-order valence-corrected chi connectivity index (χ2v) is 7.08. The van der Waals surface area contributed by atoms with E-state index in [0.29, 0.717) is 5.13 Å². The van der Waals surface area contributed by atoms with Gasteiger partial charge in [0, 0.05) is 0 Å². The molecule has 0 fully saturated rings. The Morgan fingerprint density at radius 3 is 2.12 bits per heavy atom. The van der Waals surface area contributed by atoms with Crippen molar-refractivity contribution in [3.63, 3.8) is 0 Å². The van der Waals surface area contributed by atoms with Gasteiger partial charge in [0.15, 0.2) is 0 Å². The zero-order valence-corrected chi connectivity index (χ0v) is 16.3. The molecule has 0 saturated carbocycles. The van der Waals surface area contributed by atoms with Gasteiger partial charge in [-0.2, -0.15) is 5.26 Å². The number of amides is 1. The minimum absolute atomic E-state index is 0.0575. The topological polar surface area (TPSA) is 78.7 Å². The lowest BCUT2D eigenvalue weighted by Crippen LogP contribution is -2.13. The maximum absolute atomic E-state index is 12.4. The van der Waals surface area contributed by atoms with Gasteiger partial charge < -0.3 is 0 Å². The lowest BCUT2D eigenvalue weighted by Gasteiger charge is -2.16. The molecular weight excluding hydrogens is 332 g/mol. The lowest BCUT2D eigenvalue weighted by molar-refractivity contribution is -0.112. The molecule has 0 aliphatic carbocycles. The van der Waals surface area contributed by atoms with Crippen molar-refractivity contribution in [2.24, 2.45) is 0 Å². The average Bonchev–Trinajstić information content (AvgIpc) is 3.06. The Morgan fingerprint density at radius 2 is 1.64 bits per heavy atom. The summed E-state index contributed by atoms with van der Waals surface area (Å²) < 4.78 is 0. The zero-order chi connectivity index (χ0) is 18.7. The molecule has 5 nitrogen and oxygen atoms in total. The Bertz CT molecular complexity index is 874. The number of carbonyl (C=O) groups is 1. The monoisotopic (exact) mass is 354 g/mol. The molecule has 0 saturated heterocycles. The summed E-state index contributed by atoms with van der Waals surface area (Å²) in [7, 11) is 0. The number of rotatable bonds is 4. The summed E-state index contributed by atoms with van der Waals surface area (Å²) in [5.74, 6) is -0.462. The van der Waals surface area contributed by atoms with Crippen LogP contribution in [0.4, 0.5) is 5.13 Å². The smallest absolute Gasteiger partial charge is 0.268 e. The molecule has 2 rings (SSSR count). The van der Waals surface area contributed by atoms with Crippen LogP contribution in [0.3, 0.4) is 0 Å². The number of carbonyl (C=O) groups excluding carboxylic acids is 1. The molecule has 1 aromatic carbocycles. The van der Waals surface area contributed by atoms with Crippen LogP contribution in [0.2, 0.25) is 0 Å². The first kappa shape index (κ1) is 18.8. The molecule has 1 amide bonds. The first-order valence-corrected chi connectivity index (χ1v) is 8.94. The maximum atomic E-state index is 12.4. The number of hydrogen-bond donors (Lipinski definition) is 1. The third-order valence-electron chi connectivity index (χ3n) is 4.70. The fourth-order valence-electron chi connectivity index (χ4n) is 2.65. The van der Waals surface area contributed by atoms with Gasteiger partial charge in [0.2, 0.25) is 5.13 Å². The highest BCUT2D eigenvalue weighted by Crippen LogP contribution is 2.28. The Labute approximate surface area is 152 Å². The molecule has 6 heteroatoms. The minimum atomic E-state index is -0.462. The number of nitrogens with one attached hydrogen (secondary N) is 1. The fraction of sp³-hybridized carbons (Fsp3) is 0.368. The molecule has 1 aromatic heterocycles. The number of aryl methyl sites for hydroxylation is 1. The average molecular weight is 354 g/mol. The van der Waals surface area contributed by atoms with E-state index in [1.807, 2.05) is 26.8 Å². The maximum Gasteiger partial charge on any atom is 0.268 e. The first-order chi connectivity index (χ1) is 11.8. The van der Waals surface area contributed by atoms with Crippen LogP contribution in [0.15, 0.2) is 5.57 Å². The van der Waals surface area contributed by atoms with Crippen molar-refractivity contribution in [1.82, 2.24) is 10.2 Å². The standard InChI is InChI=1S/C19H22N4OS/c1-7-17-22-23-19(25-17)21-18(24)15(9-20)8-16-13(5)11(3)10(2)12(4)14(16)6/h8H,7H2,1-6H3,(H,21,23,24). The number of nitriles is 1. The Kier molecular flexibility index (Phi) is 5.70. The summed E-state index contributed by atoms with van der Waals surface area (Å²) in [6.07, 6.45) is 2.43. The van der Waals surface area contributed by atoms with Gasteiger partial charge in [-0.15, -0.1) is 10.2 Å². The van der Waals surface area contributed by atoms with Gasteiger partial charge in [0.1, 0.15) is 16.6 Å². The largest absolute Gasteiger partial charge is 0.296 e.